The lowest BCUT2D eigenvalue weighted by Crippen LogP contribution is -2.60. The number of carboxylic acids is 1. The van der Waals surface area contributed by atoms with E-state index in [2.05, 4.69) is 20.9 Å². The fourth-order valence-electron chi connectivity index (χ4n) is 3.33. The molecule has 5 unspecified atom stereocenters. The van der Waals surface area contributed by atoms with Crippen LogP contribution in [0.2, 0.25) is 0 Å². The number of nitrogens with two attached hydrogens (primary N) is 3. The van der Waals surface area contributed by atoms with Crippen LogP contribution in [0.15, 0.2) is 29.3 Å². The number of hydrogen-bond acceptors (Lipinski definition) is 8. The summed E-state index contributed by atoms with van der Waals surface area (Å²) in [5, 5.41) is 36.4. The number of aliphatic hydroxyl groups is 1. The lowest BCUT2D eigenvalue weighted by atomic mass is 10.0. The number of nitrogens with one attached hydrogen (secondary N) is 3. The van der Waals surface area contributed by atoms with E-state index in [-0.39, 0.29) is 37.0 Å². The van der Waals surface area contributed by atoms with Crippen molar-refractivity contribution < 1.29 is 34.5 Å². The minimum Gasteiger partial charge on any atom is -0.508 e. The minimum absolute atomic E-state index is 0.00385. The molecule has 0 radical (unpaired) electrons. The van der Waals surface area contributed by atoms with E-state index in [4.69, 9.17) is 17.2 Å². The molecule has 212 valence electrons. The second-order valence-electron chi connectivity index (χ2n) is 9.28. The summed E-state index contributed by atoms with van der Waals surface area (Å²) in [5.74, 6) is -4.00. The van der Waals surface area contributed by atoms with Crippen molar-refractivity contribution in [2.45, 2.75) is 70.3 Å². The van der Waals surface area contributed by atoms with Crippen molar-refractivity contribution in [1.82, 2.24) is 16.0 Å². The summed E-state index contributed by atoms with van der Waals surface area (Å²) < 4.78 is 0. The molecule has 14 heteroatoms. The molecule has 0 aromatic heterocycles. The van der Waals surface area contributed by atoms with Gasteiger partial charge in [-0.2, -0.15) is 0 Å². The molecule has 14 nitrogen and oxygen atoms in total. The Bertz CT molecular complexity index is 979. The Morgan fingerprint density at radius 1 is 0.921 bits per heavy atom. The molecule has 1 aromatic rings. The van der Waals surface area contributed by atoms with Gasteiger partial charge in [-0.3, -0.25) is 19.4 Å². The third-order valence-electron chi connectivity index (χ3n) is 5.65. The number of aliphatic imine (C=N–C) groups is 1. The number of phenolic OH excluding ortho intramolecular Hbond substituents is 1. The predicted octanol–water partition coefficient (Wildman–Crippen LogP) is -2.11. The number of carbonyl (C=O) groups is 4. The monoisotopic (exact) mass is 537 g/mol. The highest BCUT2D eigenvalue weighted by atomic mass is 16.4. The summed E-state index contributed by atoms with van der Waals surface area (Å²) >= 11 is 0. The van der Waals surface area contributed by atoms with Crippen molar-refractivity contribution >= 4 is 29.7 Å². The molecule has 0 aliphatic heterocycles. The molecule has 1 rings (SSSR count). The Hall–Kier alpha value is -3.91. The molecule has 0 spiro atoms. The fraction of sp³-hybridized carbons (Fsp3) is 0.542. The van der Waals surface area contributed by atoms with E-state index in [0.29, 0.717) is 12.0 Å². The van der Waals surface area contributed by atoms with Gasteiger partial charge in [-0.1, -0.05) is 26.0 Å². The van der Waals surface area contributed by atoms with Gasteiger partial charge >= 0.3 is 5.97 Å². The van der Waals surface area contributed by atoms with Crippen molar-refractivity contribution in [1.29, 1.82) is 0 Å². The number of carboxylic acid groups (broad SMARTS) is 1. The molecule has 12 N–H and O–H groups in total. The number of aliphatic hydroxyl groups excluding tert-OH is 1. The van der Waals surface area contributed by atoms with E-state index in [0.717, 1.165) is 0 Å². The van der Waals surface area contributed by atoms with Crippen LogP contribution in [0.4, 0.5) is 0 Å². The highest BCUT2D eigenvalue weighted by molar-refractivity contribution is 5.94. The van der Waals surface area contributed by atoms with Gasteiger partial charge in [0.05, 0.1) is 12.1 Å². The van der Waals surface area contributed by atoms with Gasteiger partial charge < -0.3 is 48.5 Å². The number of rotatable bonds is 15. The normalized spacial score (nSPS) is 14.9. The highest BCUT2D eigenvalue weighted by Crippen LogP contribution is 2.12. The molecule has 0 heterocycles. The maximum atomic E-state index is 13.1. The first-order valence-electron chi connectivity index (χ1n) is 12.1. The van der Waals surface area contributed by atoms with E-state index in [1.165, 1.54) is 31.2 Å². The van der Waals surface area contributed by atoms with Crippen LogP contribution in [0, 0.1) is 5.92 Å². The summed E-state index contributed by atoms with van der Waals surface area (Å²) in [6.45, 7) is 4.91. The van der Waals surface area contributed by atoms with Gasteiger partial charge in [-0.25, -0.2) is 4.79 Å². The SMILES string of the molecule is CC(C)C(N)C(=O)NC(CCCN=C(N)N)C(=O)NC(C(=O)NC(Cc1ccc(O)cc1)C(=O)O)C(C)O. The lowest BCUT2D eigenvalue weighted by Gasteiger charge is -2.27. The summed E-state index contributed by atoms with van der Waals surface area (Å²) in [7, 11) is 0. The first-order chi connectivity index (χ1) is 17.7. The first kappa shape index (κ1) is 32.1. The van der Waals surface area contributed by atoms with Gasteiger partial charge in [0.1, 0.15) is 23.9 Å². The number of nitrogens with zero attached hydrogens (tertiary/aromatic N) is 1. The zero-order valence-electron chi connectivity index (χ0n) is 21.8. The van der Waals surface area contributed by atoms with Gasteiger partial charge in [-0.05, 0) is 43.4 Å². The van der Waals surface area contributed by atoms with Gasteiger partial charge in [0.2, 0.25) is 17.7 Å². The Morgan fingerprint density at radius 2 is 1.50 bits per heavy atom. The van der Waals surface area contributed by atoms with Crippen LogP contribution in [0.25, 0.3) is 0 Å². The average Bonchev–Trinajstić information content (AvgIpc) is 2.83. The molecule has 0 saturated carbocycles. The van der Waals surface area contributed by atoms with Crippen molar-refractivity contribution in [2.75, 3.05) is 6.54 Å². The van der Waals surface area contributed by atoms with E-state index in [9.17, 15) is 34.5 Å². The minimum atomic E-state index is -1.53. The van der Waals surface area contributed by atoms with Gasteiger partial charge in [-0.15, -0.1) is 0 Å². The van der Waals surface area contributed by atoms with Gasteiger partial charge in [0.25, 0.3) is 0 Å². The zero-order chi connectivity index (χ0) is 29.0. The van der Waals surface area contributed by atoms with Crippen molar-refractivity contribution in [3.8, 4) is 5.75 Å². The third-order valence-corrected chi connectivity index (χ3v) is 5.65. The van der Waals surface area contributed by atoms with E-state index in [1.807, 2.05) is 0 Å². The lowest BCUT2D eigenvalue weighted by molar-refractivity contribution is -0.143. The molecule has 0 aliphatic rings. The number of carbonyl (C=O) groups excluding carboxylic acids is 3. The van der Waals surface area contributed by atoms with Crippen LogP contribution in [0.5, 0.6) is 5.75 Å². The maximum absolute atomic E-state index is 13.1. The summed E-state index contributed by atoms with van der Waals surface area (Å²) in [4.78, 5) is 54.1. The Morgan fingerprint density at radius 3 is 2.00 bits per heavy atom. The number of aliphatic carboxylic acids is 1. The number of guanidine groups is 1. The molecule has 1 aromatic carbocycles. The first-order valence-corrected chi connectivity index (χ1v) is 12.1. The molecule has 0 fully saturated rings. The van der Waals surface area contributed by atoms with Crippen LogP contribution >= 0.6 is 0 Å². The largest absolute Gasteiger partial charge is 0.508 e. The number of hydrogen-bond donors (Lipinski definition) is 9. The topological polar surface area (TPSA) is 255 Å². The zero-order valence-corrected chi connectivity index (χ0v) is 21.8. The van der Waals surface area contributed by atoms with Crippen LogP contribution in [-0.2, 0) is 25.6 Å². The van der Waals surface area contributed by atoms with Crippen LogP contribution in [-0.4, -0.2) is 81.8 Å². The van der Waals surface area contributed by atoms with Crippen molar-refractivity contribution in [2.24, 2.45) is 28.1 Å². The number of aromatic hydroxyl groups is 1. The van der Waals surface area contributed by atoms with E-state index in [1.54, 1.807) is 13.8 Å². The molecule has 3 amide bonds. The van der Waals surface area contributed by atoms with E-state index >= 15 is 0 Å². The molecule has 5 atom stereocenters. The molecule has 38 heavy (non-hydrogen) atoms. The smallest absolute Gasteiger partial charge is 0.326 e. The number of amides is 3. The fourth-order valence-corrected chi connectivity index (χ4v) is 3.33. The molecule has 0 aliphatic carbocycles. The summed E-state index contributed by atoms with van der Waals surface area (Å²) in [5.41, 5.74) is 17.0. The molecular weight excluding hydrogens is 498 g/mol. The standard InChI is InChI=1S/C24H39N7O7/c1-12(2)18(25)21(35)29-16(5-4-10-28-24(26)27)20(34)31-19(13(3)32)22(36)30-17(23(37)38)11-14-6-8-15(33)9-7-14/h6-9,12-13,16-19,32-33H,4-5,10-11,25H2,1-3H3,(H,29,35)(H,30,36)(H,31,34)(H,37,38)(H4,26,27,28). The highest BCUT2D eigenvalue weighted by Gasteiger charge is 2.33. The number of phenols is 1. The second-order valence-corrected chi connectivity index (χ2v) is 9.28. The second kappa shape index (κ2) is 15.4. The summed E-state index contributed by atoms with van der Waals surface area (Å²) in [6, 6.07) is 0.817. The number of benzene rings is 1. The molecule has 0 saturated heterocycles. The maximum Gasteiger partial charge on any atom is 0.326 e. The third kappa shape index (κ3) is 11.0. The van der Waals surface area contributed by atoms with Crippen molar-refractivity contribution in [3.63, 3.8) is 0 Å². The Balaban J connectivity index is 3.01. The quantitative estimate of drug-likeness (QED) is 0.0668. The van der Waals surface area contributed by atoms with Gasteiger partial charge in [0, 0.05) is 13.0 Å². The van der Waals surface area contributed by atoms with E-state index < -0.39 is 54.0 Å². The average molecular weight is 538 g/mol. The van der Waals surface area contributed by atoms with Gasteiger partial charge in [0.15, 0.2) is 5.96 Å². The predicted molar refractivity (Wildman–Crippen MR) is 140 cm³/mol. The van der Waals surface area contributed by atoms with Crippen LogP contribution < -0.4 is 33.2 Å². The Kier molecular flexibility index (Phi) is 13.0. The van der Waals surface area contributed by atoms with Crippen molar-refractivity contribution in [3.05, 3.63) is 29.8 Å². The van der Waals surface area contributed by atoms with Crippen LogP contribution in [0.3, 0.4) is 0 Å². The molecule has 0 bridgehead atoms. The molecular formula is C24H39N7O7. The summed E-state index contributed by atoms with van der Waals surface area (Å²) in [6.07, 6.45) is -1.13. The Labute approximate surface area is 221 Å². The van der Waals surface area contributed by atoms with Crippen LogP contribution in [0.1, 0.15) is 39.2 Å².